The van der Waals surface area contributed by atoms with E-state index in [0.29, 0.717) is 144 Å². The van der Waals surface area contributed by atoms with E-state index in [0.717, 1.165) is 110 Å². The Balaban J connectivity index is 0.000000150. The molecule has 15 rings (SSSR count). The van der Waals surface area contributed by atoms with Gasteiger partial charge in [-0.3, -0.25) is 38.9 Å². The highest BCUT2D eigenvalue weighted by molar-refractivity contribution is 6.30. The molecule has 0 unspecified atom stereocenters. The predicted octanol–water partition coefficient (Wildman–Crippen LogP) is 7.38. The third-order valence-corrected chi connectivity index (χ3v) is 18.6. The van der Waals surface area contributed by atoms with Gasteiger partial charge in [0, 0.05) is 133 Å². The van der Waals surface area contributed by atoms with Crippen LogP contribution in [0.4, 0.5) is 55.7 Å². The number of morpholine rings is 3. The Morgan fingerprint density at radius 3 is 1.29 bits per heavy atom. The van der Waals surface area contributed by atoms with Gasteiger partial charge in [0.15, 0.2) is 16.9 Å². The molecule has 0 radical (unpaired) electrons. The number of nitrogens with one attached hydrogen (secondary N) is 6. The summed E-state index contributed by atoms with van der Waals surface area (Å²) in [5, 5.41) is 32.4. The fourth-order valence-electron chi connectivity index (χ4n) is 12.1. The number of amides is 5. The second-order valence-corrected chi connectivity index (χ2v) is 30.0. The van der Waals surface area contributed by atoms with Gasteiger partial charge < -0.3 is 75.5 Å². The molecule has 0 aromatic carbocycles. The molecule has 0 atom stereocenters. The van der Waals surface area contributed by atoms with Crippen LogP contribution in [-0.2, 0) is 23.7 Å². The van der Waals surface area contributed by atoms with Crippen LogP contribution in [0.3, 0.4) is 0 Å². The smallest absolute Gasteiger partial charge is 0.416 e. The van der Waals surface area contributed by atoms with Crippen LogP contribution in [0.1, 0.15) is 111 Å². The molecule has 6 aliphatic rings. The lowest BCUT2D eigenvalue weighted by molar-refractivity contribution is 0.0371. The van der Waals surface area contributed by atoms with Crippen LogP contribution in [0.2, 0.25) is 5.15 Å². The Labute approximate surface area is 664 Å². The predicted molar refractivity (Wildman–Crippen MR) is 426 cm³/mol. The molecule has 6 fully saturated rings. The molecule has 3 aliphatic heterocycles. The minimum absolute atomic E-state index is 0.157. The number of nitrogens with zero attached hydrogens (tertiary/aromatic N) is 17. The summed E-state index contributed by atoms with van der Waals surface area (Å²) in [7, 11) is 4.64. The van der Waals surface area contributed by atoms with E-state index in [4.69, 9.17) is 65.2 Å². The average molecular weight is 1590 g/mol. The van der Waals surface area contributed by atoms with E-state index in [1.54, 1.807) is 79.9 Å². The number of fused-ring (bicyclic) bond motifs is 3. The van der Waals surface area contributed by atoms with Gasteiger partial charge in [-0.2, -0.15) is 28.8 Å². The van der Waals surface area contributed by atoms with E-state index in [1.165, 1.54) is 38.3 Å². The standard InChI is InChI=1S/C27H36N8O5.C22H28N8O3.C21H29ClN6O4.C6H8N2O/c1-27(2,3)40-26(37)34(11-10-33-12-14-39-15-13-33)22-16-21(31-20-6-5-9-28-25(20)38-4)32-23-19(17-29-35(22)23)24(36)30-18-7-8-18;1-32-22-17(3-2-6-24-22)27-18-13-19(23-7-8-29-9-11-33-12-10-29)30-20(28-18)16(14-25-30)21(31)26-15-4-5-15;1-21(2,3)32-20(30)27(7-6-26-8-10-31-11-9-26)17-12-16(22)25-18-15(13-23-28(17)18)19(29)24-14-4-5-14;1-9-6-5(7)3-2-4-8-6/h5-6,9,16-18H,7-8,10-15H2,1-4H3,(H,30,36)(H,31,32);2-3,6,13-15,23H,4-5,7-12H2,1H3,(H,26,31)(H,27,28);12-14H,4-11H2,1-3H3,(H,24,29);2-4H,7H2,1H3. The largest absolute Gasteiger partial charge is 0.480 e. The first-order chi connectivity index (χ1) is 55.0. The Hall–Kier alpha value is -11.1. The maximum Gasteiger partial charge on any atom is 0.416 e. The lowest BCUT2D eigenvalue weighted by Crippen LogP contribution is -2.45. The maximum absolute atomic E-state index is 13.6. The molecule has 12 heterocycles. The number of aromatic nitrogens is 12. The fraction of sp³-hybridized carbons (Fsp3) is 0.500. The zero-order valence-corrected chi connectivity index (χ0v) is 66.5. The lowest BCUT2D eigenvalue weighted by atomic mass is 10.2. The number of hydrogen-bond donors (Lipinski definition) is 7. The third kappa shape index (κ3) is 22.9. The molecule has 0 spiro atoms. The number of nitrogens with two attached hydrogens (primary N) is 1. The number of carbonyl (C=O) groups excluding carboxylic acids is 5. The van der Waals surface area contributed by atoms with Crippen molar-refractivity contribution in [3.63, 3.8) is 0 Å². The van der Waals surface area contributed by atoms with Crippen molar-refractivity contribution >= 4 is 105 Å². The van der Waals surface area contributed by atoms with Crippen LogP contribution in [0, 0.1) is 0 Å². The molecule has 9 aromatic rings. The van der Waals surface area contributed by atoms with Crippen molar-refractivity contribution in [1.29, 1.82) is 0 Å². The summed E-state index contributed by atoms with van der Waals surface area (Å²) in [6, 6.07) is 16.5. The number of carbonyl (C=O) groups is 5. The van der Waals surface area contributed by atoms with Gasteiger partial charge in [0.05, 0.1) is 85.2 Å². The molecular formula is C76H101ClN24O13. The van der Waals surface area contributed by atoms with Crippen molar-refractivity contribution in [3.8, 4) is 17.6 Å². The zero-order chi connectivity index (χ0) is 80.5. The molecule has 5 amide bonds. The molecule has 3 saturated carbocycles. The molecule has 8 N–H and O–H groups in total. The molecule has 9 aromatic heterocycles. The van der Waals surface area contributed by atoms with Crippen molar-refractivity contribution in [2.45, 2.75) is 109 Å². The number of ether oxygens (including phenoxy) is 8. The van der Waals surface area contributed by atoms with E-state index < -0.39 is 23.4 Å². The van der Waals surface area contributed by atoms with Crippen molar-refractivity contribution in [2.24, 2.45) is 0 Å². The summed E-state index contributed by atoms with van der Waals surface area (Å²) in [6.45, 7) is 23.5. The van der Waals surface area contributed by atoms with Crippen molar-refractivity contribution in [2.75, 3.05) is 171 Å². The van der Waals surface area contributed by atoms with E-state index in [2.05, 4.69) is 81.8 Å². The normalized spacial score (nSPS) is 16.0. The highest BCUT2D eigenvalue weighted by Gasteiger charge is 2.34. The Bertz CT molecular complexity index is 4770. The first kappa shape index (κ1) is 82.4. The number of nitrogen functional groups attached to an aromatic ring is 1. The van der Waals surface area contributed by atoms with E-state index >= 15 is 0 Å². The van der Waals surface area contributed by atoms with Gasteiger partial charge in [-0.15, -0.1) is 0 Å². The van der Waals surface area contributed by atoms with Crippen LogP contribution in [0.25, 0.3) is 16.9 Å². The molecule has 3 aliphatic carbocycles. The monoisotopic (exact) mass is 1590 g/mol. The van der Waals surface area contributed by atoms with E-state index in [-0.39, 0.29) is 41.0 Å². The second-order valence-electron chi connectivity index (χ2n) is 29.6. The van der Waals surface area contributed by atoms with Gasteiger partial charge in [-0.25, -0.2) is 39.5 Å². The number of halogens is 1. The quantitative estimate of drug-likeness (QED) is 0.0274. The molecular weight excluding hydrogens is 1490 g/mol. The molecule has 37 nitrogen and oxygen atoms in total. The van der Waals surface area contributed by atoms with Crippen LogP contribution in [0.15, 0.2) is 91.8 Å². The Kier molecular flexibility index (Phi) is 27.6. The molecule has 610 valence electrons. The first-order valence-corrected chi connectivity index (χ1v) is 38.5. The Morgan fingerprint density at radius 1 is 0.509 bits per heavy atom. The fourth-order valence-corrected chi connectivity index (χ4v) is 12.3. The lowest BCUT2D eigenvalue weighted by Gasteiger charge is -2.31. The van der Waals surface area contributed by atoms with E-state index in [1.807, 2.05) is 59.7 Å². The third-order valence-electron chi connectivity index (χ3n) is 18.4. The molecule has 0 bridgehead atoms. The van der Waals surface area contributed by atoms with E-state index in [9.17, 15) is 24.0 Å². The van der Waals surface area contributed by atoms with Crippen molar-refractivity contribution in [3.05, 3.63) is 114 Å². The Morgan fingerprint density at radius 2 is 0.886 bits per heavy atom. The van der Waals surface area contributed by atoms with Crippen LogP contribution < -0.4 is 61.6 Å². The minimum atomic E-state index is -0.718. The van der Waals surface area contributed by atoms with Gasteiger partial charge in [0.2, 0.25) is 17.6 Å². The van der Waals surface area contributed by atoms with Gasteiger partial charge in [-0.1, -0.05) is 11.6 Å². The maximum atomic E-state index is 13.6. The van der Waals surface area contributed by atoms with Gasteiger partial charge in [-0.05, 0) is 116 Å². The number of hydrogen-bond acceptors (Lipinski definition) is 29. The van der Waals surface area contributed by atoms with Crippen LogP contribution in [0.5, 0.6) is 17.6 Å². The molecule has 3 saturated heterocycles. The summed E-state index contributed by atoms with van der Waals surface area (Å²) in [5.41, 5.74) is 8.03. The number of rotatable bonds is 25. The topological polar surface area (TPSA) is 403 Å². The number of methoxy groups -OCH3 is 3. The van der Waals surface area contributed by atoms with Crippen LogP contribution >= 0.6 is 11.6 Å². The SMILES string of the molecule is CC(C)(C)OC(=O)N(CCN1CCOCC1)c1cc(Cl)nc2c(C(=O)NC3CC3)cnn12.COc1ncccc1N.COc1ncccc1Nc1cc(N(CCN2CCOCC2)C(=O)OC(C)(C)C)n2ncc(C(=O)NC3CC3)c2n1.COc1ncccc1Nc1cc(NCCN2CCOCC2)n2ncc(C(=O)NC3CC3)c2n1. The summed E-state index contributed by atoms with van der Waals surface area (Å²) in [5.74, 6) is 3.14. The van der Waals surface area contributed by atoms with Crippen molar-refractivity contribution in [1.82, 2.24) is 89.4 Å². The summed E-state index contributed by atoms with van der Waals surface area (Å²) in [6.07, 6.45) is 14.2. The number of pyridine rings is 3. The average Bonchev–Trinajstić information content (AvgIpc) is 1.58. The molecule has 38 heteroatoms. The van der Waals surface area contributed by atoms with Gasteiger partial charge in [0.1, 0.15) is 73.5 Å². The first-order valence-electron chi connectivity index (χ1n) is 38.1. The highest BCUT2D eigenvalue weighted by Crippen LogP contribution is 2.33. The summed E-state index contributed by atoms with van der Waals surface area (Å²) >= 11 is 6.32. The van der Waals surface area contributed by atoms with Gasteiger partial charge in [0.25, 0.3) is 17.7 Å². The summed E-state index contributed by atoms with van der Waals surface area (Å²) < 4.78 is 48.0. The zero-order valence-electron chi connectivity index (χ0n) is 65.7. The second kappa shape index (κ2) is 38.2. The molecule has 114 heavy (non-hydrogen) atoms. The van der Waals surface area contributed by atoms with Gasteiger partial charge >= 0.3 is 12.2 Å². The van der Waals surface area contributed by atoms with Crippen molar-refractivity contribution < 1.29 is 61.9 Å². The summed E-state index contributed by atoms with van der Waals surface area (Å²) in [4.78, 5) is 101. The minimum Gasteiger partial charge on any atom is -0.480 e. The van der Waals surface area contributed by atoms with Crippen LogP contribution in [-0.4, -0.2) is 272 Å². The highest BCUT2D eigenvalue weighted by atomic mass is 35.5. The number of anilines is 8.